The van der Waals surface area contributed by atoms with E-state index >= 15 is 0 Å². The second-order valence-electron chi connectivity index (χ2n) is 6.49. The van der Waals surface area contributed by atoms with Gasteiger partial charge in [-0.2, -0.15) is 0 Å². The molecule has 25 heavy (non-hydrogen) atoms. The summed E-state index contributed by atoms with van der Waals surface area (Å²) in [5.74, 6) is 0.0197. The molecule has 0 bridgehead atoms. The fourth-order valence-electron chi connectivity index (χ4n) is 3.58. The molecule has 1 atom stereocenters. The summed E-state index contributed by atoms with van der Waals surface area (Å²) >= 11 is 0. The van der Waals surface area contributed by atoms with Crippen molar-refractivity contribution in [1.82, 2.24) is 19.8 Å². The highest BCUT2D eigenvalue weighted by molar-refractivity contribution is 5.98. The number of aromatic nitrogens is 2. The number of piperidine rings is 1. The normalized spacial score (nSPS) is 20.6. The quantitative estimate of drug-likeness (QED) is 0.928. The first kappa shape index (κ1) is 15.7. The highest BCUT2D eigenvalue weighted by Crippen LogP contribution is 2.24. The van der Waals surface area contributed by atoms with Gasteiger partial charge in [-0.05, 0) is 31.0 Å². The Morgan fingerprint density at radius 1 is 1.28 bits per heavy atom. The molecule has 1 N–H and O–H groups in total. The first-order chi connectivity index (χ1) is 12.2. The third-order valence-corrected chi connectivity index (χ3v) is 4.89. The molecule has 2 saturated heterocycles. The average Bonchev–Trinajstić information content (AvgIpc) is 3.33. The number of carbonyl (C=O) groups is 2. The lowest BCUT2D eigenvalue weighted by Crippen LogP contribution is -2.40. The number of likely N-dealkylation sites (tertiary alicyclic amines) is 1. The number of urea groups is 1. The maximum Gasteiger partial charge on any atom is 0.321 e. The minimum Gasteiger partial charge on any atom is -0.337 e. The van der Waals surface area contributed by atoms with Crippen LogP contribution in [0.1, 0.15) is 29.2 Å². The van der Waals surface area contributed by atoms with Crippen molar-refractivity contribution in [3.63, 3.8) is 0 Å². The van der Waals surface area contributed by atoms with E-state index in [1.165, 1.54) is 0 Å². The number of imidazole rings is 1. The number of nitrogens with one attached hydrogen (secondary N) is 1. The van der Waals surface area contributed by atoms with Crippen molar-refractivity contribution >= 4 is 17.6 Å². The molecule has 1 unspecified atom stereocenters. The minimum atomic E-state index is -0.109. The van der Waals surface area contributed by atoms with Crippen LogP contribution in [0, 0.1) is 0 Å². The Bertz CT molecular complexity index is 774. The summed E-state index contributed by atoms with van der Waals surface area (Å²) < 4.78 is 2.07. The Labute approximate surface area is 146 Å². The third kappa shape index (κ3) is 3.09. The molecule has 0 spiro atoms. The van der Waals surface area contributed by atoms with E-state index in [-0.39, 0.29) is 18.0 Å². The van der Waals surface area contributed by atoms with Gasteiger partial charge in [0.05, 0.1) is 12.4 Å². The monoisotopic (exact) mass is 339 g/mol. The van der Waals surface area contributed by atoms with E-state index in [2.05, 4.69) is 14.9 Å². The number of rotatable bonds is 3. The van der Waals surface area contributed by atoms with Gasteiger partial charge in [-0.1, -0.05) is 6.07 Å². The van der Waals surface area contributed by atoms with Crippen LogP contribution in [0.5, 0.6) is 0 Å². The standard InChI is InChI=1S/C18H21N5O2/c24-17(21-8-2-5-16(12-21)22-9-6-19-13-22)14-3-1-4-15(11-14)23-10-7-20-18(23)25/h1,3-4,6,9,11,13,16H,2,5,7-8,10,12H2,(H,20,25). The van der Waals surface area contributed by atoms with Crippen LogP contribution in [0.2, 0.25) is 0 Å². The summed E-state index contributed by atoms with van der Waals surface area (Å²) in [6.07, 6.45) is 7.55. The lowest BCUT2D eigenvalue weighted by atomic mass is 10.0. The molecular weight excluding hydrogens is 318 g/mol. The summed E-state index contributed by atoms with van der Waals surface area (Å²) in [7, 11) is 0. The molecule has 2 aliphatic rings. The maximum absolute atomic E-state index is 12.9. The van der Waals surface area contributed by atoms with Crippen molar-refractivity contribution in [2.75, 3.05) is 31.1 Å². The van der Waals surface area contributed by atoms with Crippen LogP contribution in [-0.2, 0) is 0 Å². The lowest BCUT2D eigenvalue weighted by molar-refractivity contribution is 0.0679. The fourth-order valence-corrected chi connectivity index (χ4v) is 3.58. The number of carbonyl (C=O) groups excluding carboxylic acids is 2. The zero-order valence-electron chi connectivity index (χ0n) is 14.0. The smallest absolute Gasteiger partial charge is 0.321 e. The molecule has 7 nitrogen and oxygen atoms in total. The van der Waals surface area contributed by atoms with Crippen LogP contribution in [0.15, 0.2) is 43.0 Å². The second-order valence-corrected chi connectivity index (χ2v) is 6.49. The van der Waals surface area contributed by atoms with Crippen LogP contribution in [-0.4, -0.2) is 52.6 Å². The van der Waals surface area contributed by atoms with E-state index < -0.39 is 0 Å². The molecule has 7 heteroatoms. The second kappa shape index (κ2) is 6.58. The van der Waals surface area contributed by atoms with Gasteiger partial charge in [0.25, 0.3) is 5.91 Å². The predicted molar refractivity (Wildman–Crippen MR) is 93.6 cm³/mol. The van der Waals surface area contributed by atoms with Gasteiger partial charge in [-0.15, -0.1) is 0 Å². The van der Waals surface area contributed by atoms with Crippen LogP contribution >= 0.6 is 0 Å². The van der Waals surface area contributed by atoms with Gasteiger partial charge in [-0.25, -0.2) is 9.78 Å². The van der Waals surface area contributed by atoms with Gasteiger partial charge in [0.1, 0.15) is 0 Å². The molecule has 1 aromatic carbocycles. The Morgan fingerprint density at radius 3 is 2.96 bits per heavy atom. The topological polar surface area (TPSA) is 70.5 Å². The summed E-state index contributed by atoms with van der Waals surface area (Å²) in [4.78, 5) is 32.5. The van der Waals surface area contributed by atoms with E-state index in [1.807, 2.05) is 41.7 Å². The molecule has 3 amide bonds. The Balaban J connectivity index is 1.51. The van der Waals surface area contributed by atoms with E-state index in [0.717, 1.165) is 25.1 Å². The molecule has 1 aromatic heterocycles. The molecule has 0 radical (unpaired) electrons. The van der Waals surface area contributed by atoms with Gasteiger partial charge >= 0.3 is 6.03 Å². The summed E-state index contributed by atoms with van der Waals surface area (Å²) in [6.45, 7) is 2.71. The van der Waals surface area contributed by atoms with Gasteiger partial charge < -0.3 is 14.8 Å². The van der Waals surface area contributed by atoms with Gasteiger partial charge in [-0.3, -0.25) is 9.69 Å². The number of hydrogen-bond donors (Lipinski definition) is 1. The first-order valence-corrected chi connectivity index (χ1v) is 8.64. The van der Waals surface area contributed by atoms with Crippen molar-refractivity contribution in [3.8, 4) is 0 Å². The van der Waals surface area contributed by atoms with E-state index in [1.54, 1.807) is 11.1 Å². The molecular formula is C18H21N5O2. The number of anilines is 1. The summed E-state index contributed by atoms with van der Waals surface area (Å²) in [6, 6.07) is 7.50. The van der Waals surface area contributed by atoms with Crippen molar-refractivity contribution in [2.45, 2.75) is 18.9 Å². The van der Waals surface area contributed by atoms with Crippen molar-refractivity contribution in [2.24, 2.45) is 0 Å². The fraction of sp³-hybridized carbons (Fsp3) is 0.389. The predicted octanol–water partition coefficient (Wildman–Crippen LogP) is 1.89. The number of amides is 3. The molecule has 130 valence electrons. The lowest BCUT2D eigenvalue weighted by Gasteiger charge is -2.33. The van der Waals surface area contributed by atoms with Crippen LogP contribution < -0.4 is 10.2 Å². The number of hydrogen-bond acceptors (Lipinski definition) is 3. The third-order valence-electron chi connectivity index (χ3n) is 4.89. The number of nitrogens with zero attached hydrogens (tertiary/aromatic N) is 4. The minimum absolute atomic E-state index is 0.0197. The van der Waals surface area contributed by atoms with E-state index in [0.29, 0.717) is 25.2 Å². The van der Waals surface area contributed by atoms with Crippen molar-refractivity contribution < 1.29 is 9.59 Å². The molecule has 2 fully saturated rings. The Morgan fingerprint density at radius 2 is 2.20 bits per heavy atom. The number of benzene rings is 1. The molecule has 2 aromatic rings. The highest BCUT2D eigenvalue weighted by atomic mass is 16.2. The SMILES string of the molecule is O=C(c1cccc(N2CCNC2=O)c1)N1CCCC(n2ccnc2)C1. The van der Waals surface area contributed by atoms with Gasteiger partial charge in [0.15, 0.2) is 0 Å². The van der Waals surface area contributed by atoms with Crippen molar-refractivity contribution in [3.05, 3.63) is 48.5 Å². The van der Waals surface area contributed by atoms with Gasteiger partial charge in [0.2, 0.25) is 0 Å². The average molecular weight is 339 g/mol. The summed E-state index contributed by atoms with van der Waals surface area (Å²) in [5.41, 5.74) is 1.40. The van der Waals surface area contributed by atoms with Crippen LogP contribution in [0.4, 0.5) is 10.5 Å². The first-order valence-electron chi connectivity index (χ1n) is 8.64. The van der Waals surface area contributed by atoms with Gasteiger partial charge in [0, 0.05) is 49.8 Å². The van der Waals surface area contributed by atoms with Crippen LogP contribution in [0.3, 0.4) is 0 Å². The molecule has 0 saturated carbocycles. The van der Waals surface area contributed by atoms with Crippen LogP contribution in [0.25, 0.3) is 0 Å². The Kier molecular flexibility index (Phi) is 4.13. The molecule has 2 aliphatic heterocycles. The molecule has 0 aliphatic carbocycles. The zero-order chi connectivity index (χ0) is 17.2. The zero-order valence-corrected chi connectivity index (χ0v) is 14.0. The highest BCUT2D eigenvalue weighted by Gasteiger charge is 2.26. The Hall–Kier alpha value is -2.83. The molecule has 3 heterocycles. The van der Waals surface area contributed by atoms with E-state index in [4.69, 9.17) is 0 Å². The van der Waals surface area contributed by atoms with Crippen molar-refractivity contribution in [1.29, 1.82) is 0 Å². The molecule has 4 rings (SSSR count). The van der Waals surface area contributed by atoms with E-state index in [9.17, 15) is 9.59 Å². The maximum atomic E-state index is 12.9. The largest absolute Gasteiger partial charge is 0.337 e. The summed E-state index contributed by atoms with van der Waals surface area (Å²) in [5, 5.41) is 2.78.